The fourth-order valence-corrected chi connectivity index (χ4v) is 2.30. The summed E-state index contributed by atoms with van der Waals surface area (Å²) < 4.78 is 5.37. The van der Waals surface area contributed by atoms with E-state index in [1.807, 2.05) is 42.5 Å². The lowest BCUT2D eigenvalue weighted by atomic mass is 10.1. The molecule has 0 spiro atoms. The molecule has 0 aliphatic heterocycles. The number of hydrogen-bond acceptors (Lipinski definition) is 3. The number of ether oxygens (including phenoxy) is 1. The van der Waals surface area contributed by atoms with Crippen molar-refractivity contribution in [2.45, 2.75) is 13.1 Å². The van der Waals surface area contributed by atoms with Crippen LogP contribution in [-0.2, 0) is 13.1 Å². The third-order valence-corrected chi connectivity index (χ3v) is 3.36. The van der Waals surface area contributed by atoms with Crippen molar-refractivity contribution in [3.05, 3.63) is 58.6 Å². The Balaban J connectivity index is 2.05. The summed E-state index contributed by atoms with van der Waals surface area (Å²) in [4.78, 5) is 2.21. The molecule has 20 heavy (non-hydrogen) atoms. The third kappa shape index (κ3) is 3.89. The zero-order chi connectivity index (χ0) is 14.5. The maximum absolute atomic E-state index is 5.89. The van der Waals surface area contributed by atoms with Gasteiger partial charge in [0, 0.05) is 29.4 Å². The summed E-state index contributed by atoms with van der Waals surface area (Å²) in [5.41, 5.74) is 8.90. The molecule has 0 heterocycles. The van der Waals surface area contributed by atoms with Gasteiger partial charge in [0.2, 0.25) is 0 Å². The first-order valence-electron chi connectivity index (χ1n) is 6.44. The van der Waals surface area contributed by atoms with Gasteiger partial charge in [0.05, 0.1) is 7.11 Å². The molecule has 0 radical (unpaired) electrons. The zero-order valence-corrected chi connectivity index (χ0v) is 12.5. The molecular formula is C16H19ClN2O. The molecule has 0 aliphatic carbocycles. The second kappa shape index (κ2) is 6.64. The Morgan fingerprint density at radius 2 is 1.80 bits per heavy atom. The summed E-state index contributed by atoms with van der Waals surface area (Å²) >= 11 is 5.89. The molecule has 0 aliphatic rings. The van der Waals surface area contributed by atoms with E-state index in [1.54, 1.807) is 7.11 Å². The number of halogens is 1. The van der Waals surface area contributed by atoms with Crippen LogP contribution in [0.4, 0.5) is 5.69 Å². The fraction of sp³-hybridized carbons (Fsp3) is 0.250. The van der Waals surface area contributed by atoms with Crippen LogP contribution in [0.25, 0.3) is 0 Å². The van der Waals surface area contributed by atoms with Crippen LogP contribution in [-0.4, -0.2) is 19.1 Å². The molecule has 3 nitrogen and oxygen atoms in total. The maximum Gasteiger partial charge on any atom is 0.123 e. The number of methoxy groups -OCH3 is 1. The number of anilines is 1. The lowest BCUT2D eigenvalue weighted by molar-refractivity contribution is 0.310. The first-order valence-corrected chi connectivity index (χ1v) is 6.81. The molecule has 106 valence electrons. The number of hydrogen-bond donors (Lipinski definition) is 1. The van der Waals surface area contributed by atoms with Crippen molar-refractivity contribution in [2.75, 3.05) is 19.9 Å². The van der Waals surface area contributed by atoms with E-state index in [-0.39, 0.29) is 0 Å². The van der Waals surface area contributed by atoms with Crippen molar-refractivity contribution < 1.29 is 4.74 Å². The Kier molecular flexibility index (Phi) is 4.88. The van der Waals surface area contributed by atoms with Crippen molar-refractivity contribution in [3.63, 3.8) is 0 Å². The standard InChI is InChI=1S/C16H19ClN2O/c1-19(10-12-3-5-14(17)6-4-12)11-13-9-15(18)7-8-16(13)20-2/h3-9H,10-11,18H2,1-2H3. The van der Waals surface area contributed by atoms with E-state index in [9.17, 15) is 0 Å². The molecular weight excluding hydrogens is 272 g/mol. The van der Waals surface area contributed by atoms with E-state index >= 15 is 0 Å². The van der Waals surface area contributed by atoms with E-state index in [4.69, 9.17) is 22.1 Å². The Bertz CT molecular complexity index is 569. The molecule has 2 rings (SSSR count). The predicted molar refractivity (Wildman–Crippen MR) is 84.0 cm³/mol. The summed E-state index contributed by atoms with van der Waals surface area (Å²) in [5.74, 6) is 0.863. The van der Waals surface area contributed by atoms with Gasteiger partial charge in [0.25, 0.3) is 0 Å². The Labute approximate surface area is 124 Å². The van der Waals surface area contributed by atoms with Crippen molar-refractivity contribution >= 4 is 17.3 Å². The van der Waals surface area contributed by atoms with Crippen molar-refractivity contribution in [2.24, 2.45) is 0 Å². The summed E-state index contributed by atoms with van der Waals surface area (Å²) in [6.45, 7) is 1.62. The van der Waals surface area contributed by atoms with Gasteiger partial charge in [-0.15, -0.1) is 0 Å². The number of benzene rings is 2. The molecule has 0 unspecified atom stereocenters. The summed E-state index contributed by atoms with van der Waals surface area (Å²) in [6.07, 6.45) is 0. The Morgan fingerprint density at radius 1 is 1.10 bits per heavy atom. The monoisotopic (exact) mass is 290 g/mol. The van der Waals surface area contributed by atoms with Gasteiger partial charge in [0.15, 0.2) is 0 Å². The van der Waals surface area contributed by atoms with E-state index in [0.717, 1.165) is 35.1 Å². The average Bonchev–Trinajstić information content (AvgIpc) is 2.41. The van der Waals surface area contributed by atoms with Gasteiger partial charge in [-0.25, -0.2) is 0 Å². The first kappa shape index (κ1) is 14.7. The smallest absolute Gasteiger partial charge is 0.123 e. The molecule has 0 bridgehead atoms. The van der Waals surface area contributed by atoms with Crippen LogP contribution >= 0.6 is 11.6 Å². The lowest BCUT2D eigenvalue weighted by Gasteiger charge is -2.19. The van der Waals surface area contributed by atoms with E-state index < -0.39 is 0 Å². The number of rotatable bonds is 5. The van der Waals surface area contributed by atoms with Crippen LogP contribution in [0.15, 0.2) is 42.5 Å². The first-order chi connectivity index (χ1) is 9.58. The van der Waals surface area contributed by atoms with Gasteiger partial charge in [-0.1, -0.05) is 23.7 Å². The minimum absolute atomic E-state index is 0.751. The summed E-state index contributed by atoms with van der Waals surface area (Å²) in [6, 6.07) is 13.6. The largest absolute Gasteiger partial charge is 0.496 e. The minimum Gasteiger partial charge on any atom is -0.496 e. The van der Waals surface area contributed by atoms with Crippen LogP contribution in [0, 0.1) is 0 Å². The minimum atomic E-state index is 0.751. The van der Waals surface area contributed by atoms with Crippen LogP contribution in [0.2, 0.25) is 5.02 Å². The van der Waals surface area contributed by atoms with E-state index in [0.29, 0.717) is 0 Å². The van der Waals surface area contributed by atoms with Crippen molar-refractivity contribution in [1.29, 1.82) is 0 Å². The number of nitrogens with two attached hydrogens (primary N) is 1. The fourth-order valence-electron chi connectivity index (χ4n) is 2.17. The van der Waals surface area contributed by atoms with Gasteiger partial charge >= 0.3 is 0 Å². The predicted octanol–water partition coefficient (Wildman–Crippen LogP) is 3.56. The highest BCUT2D eigenvalue weighted by atomic mass is 35.5. The topological polar surface area (TPSA) is 38.5 Å². The molecule has 0 fully saturated rings. The van der Waals surface area contributed by atoms with Crippen LogP contribution < -0.4 is 10.5 Å². The molecule has 2 aromatic carbocycles. The second-order valence-corrected chi connectivity index (χ2v) is 5.31. The third-order valence-electron chi connectivity index (χ3n) is 3.11. The highest BCUT2D eigenvalue weighted by Gasteiger charge is 2.07. The van der Waals surface area contributed by atoms with Crippen LogP contribution in [0.3, 0.4) is 0 Å². The Morgan fingerprint density at radius 3 is 2.45 bits per heavy atom. The van der Waals surface area contributed by atoms with Gasteiger partial charge in [0.1, 0.15) is 5.75 Å². The molecule has 0 saturated heterocycles. The quantitative estimate of drug-likeness (QED) is 0.856. The van der Waals surface area contributed by atoms with Crippen molar-refractivity contribution in [3.8, 4) is 5.75 Å². The SMILES string of the molecule is COc1ccc(N)cc1CN(C)Cc1ccc(Cl)cc1. The molecule has 2 N–H and O–H groups in total. The van der Waals surface area contributed by atoms with Crippen LogP contribution in [0.1, 0.15) is 11.1 Å². The van der Waals surface area contributed by atoms with Crippen LogP contribution in [0.5, 0.6) is 5.75 Å². The van der Waals surface area contributed by atoms with Gasteiger partial charge in [-0.2, -0.15) is 0 Å². The highest BCUT2D eigenvalue weighted by molar-refractivity contribution is 6.30. The highest BCUT2D eigenvalue weighted by Crippen LogP contribution is 2.23. The Hall–Kier alpha value is -1.71. The van der Waals surface area contributed by atoms with Crippen molar-refractivity contribution in [1.82, 2.24) is 4.90 Å². The second-order valence-electron chi connectivity index (χ2n) is 4.87. The number of nitrogens with zero attached hydrogens (tertiary/aromatic N) is 1. The zero-order valence-electron chi connectivity index (χ0n) is 11.8. The summed E-state index contributed by atoms with van der Waals surface area (Å²) in [5, 5.41) is 0.758. The summed E-state index contributed by atoms with van der Waals surface area (Å²) in [7, 11) is 3.74. The molecule has 0 saturated carbocycles. The van der Waals surface area contributed by atoms with E-state index in [2.05, 4.69) is 11.9 Å². The maximum atomic E-state index is 5.89. The molecule has 0 atom stereocenters. The molecule has 0 aromatic heterocycles. The lowest BCUT2D eigenvalue weighted by Crippen LogP contribution is -2.17. The van der Waals surface area contributed by atoms with Gasteiger partial charge < -0.3 is 10.5 Å². The number of nitrogen functional groups attached to an aromatic ring is 1. The molecule has 0 amide bonds. The average molecular weight is 291 g/mol. The van der Waals surface area contributed by atoms with Gasteiger partial charge in [-0.05, 0) is 42.9 Å². The normalized spacial score (nSPS) is 10.8. The van der Waals surface area contributed by atoms with Gasteiger partial charge in [-0.3, -0.25) is 4.90 Å². The molecule has 4 heteroatoms. The molecule has 2 aromatic rings. The van der Waals surface area contributed by atoms with E-state index in [1.165, 1.54) is 5.56 Å².